The molecule has 1 heterocycles. The highest BCUT2D eigenvalue weighted by Crippen LogP contribution is 2.27. The number of nitrogens with two attached hydrogens (primary N) is 1. The molecule has 1 aromatic rings. The van der Waals surface area contributed by atoms with Gasteiger partial charge in [-0.3, -0.25) is 0 Å². The van der Waals surface area contributed by atoms with Crippen LogP contribution >= 0.6 is 0 Å². The number of fused-ring (bicyclic) bond motifs is 1. The molecule has 98 valence electrons. The minimum atomic E-state index is -0.363. The Kier molecular flexibility index (Phi) is 3.84. The number of carbonyl (C=O) groups is 1. The van der Waals surface area contributed by atoms with E-state index < -0.39 is 0 Å². The van der Waals surface area contributed by atoms with Crippen molar-refractivity contribution in [1.82, 2.24) is 4.90 Å². The molecular formula is C13H18N2O3. The Morgan fingerprint density at radius 2 is 2.39 bits per heavy atom. The first kappa shape index (κ1) is 12.9. The number of hydrogen-bond donors (Lipinski definition) is 1. The smallest absolute Gasteiger partial charge is 0.410 e. The molecule has 0 fully saturated rings. The molecule has 5 heteroatoms. The van der Waals surface area contributed by atoms with Gasteiger partial charge in [-0.2, -0.15) is 0 Å². The molecule has 18 heavy (non-hydrogen) atoms. The summed E-state index contributed by atoms with van der Waals surface area (Å²) in [7, 11) is 1.69. The number of nitrogens with zero attached hydrogens (tertiary/aromatic N) is 1. The number of amides is 1. The molecule has 1 aliphatic rings. The van der Waals surface area contributed by atoms with Gasteiger partial charge in [0, 0.05) is 13.6 Å². The predicted octanol–water partition coefficient (Wildman–Crippen LogP) is 1.67. The van der Waals surface area contributed by atoms with Gasteiger partial charge in [-0.15, -0.1) is 0 Å². The molecule has 5 nitrogen and oxygen atoms in total. The van der Waals surface area contributed by atoms with Crippen LogP contribution in [-0.4, -0.2) is 31.2 Å². The van der Waals surface area contributed by atoms with Crippen LogP contribution in [0.2, 0.25) is 0 Å². The summed E-state index contributed by atoms with van der Waals surface area (Å²) < 4.78 is 10.6. The summed E-state index contributed by atoms with van der Waals surface area (Å²) in [5.41, 5.74) is 8.00. The standard InChI is InChI=1S/C13H18N2O3/c1-3-15(2)13(16)18-10-5-4-9-7-17-8-12(14)11(9)6-10/h4-6,12H,3,7-8,14H2,1-2H3. The number of benzene rings is 1. The first-order valence-electron chi connectivity index (χ1n) is 6.01. The van der Waals surface area contributed by atoms with E-state index in [0.717, 1.165) is 11.1 Å². The Labute approximate surface area is 106 Å². The van der Waals surface area contributed by atoms with Crippen LogP contribution in [0, 0.1) is 0 Å². The predicted molar refractivity (Wildman–Crippen MR) is 67.4 cm³/mol. The van der Waals surface area contributed by atoms with Gasteiger partial charge in [-0.1, -0.05) is 6.07 Å². The molecule has 0 aliphatic carbocycles. The number of ether oxygens (including phenoxy) is 2. The maximum atomic E-state index is 11.6. The zero-order chi connectivity index (χ0) is 13.1. The Hall–Kier alpha value is -1.59. The molecule has 2 N–H and O–H groups in total. The van der Waals surface area contributed by atoms with Crippen LogP contribution in [0.3, 0.4) is 0 Å². The summed E-state index contributed by atoms with van der Waals surface area (Å²) in [6.45, 7) is 3.56. The van der Waals surface area contributed by atoms with Crippen LogP contribution in [-0.2, 0) is 11.3 Å². The van der Waals surface area contributed by atoms with Gasteiger partial charge >= 0.3 is 6.09 Å². The van der Waals surface area contributed by atoms with E-state index >= 15 is 0 Å². The maximum absolute atomic E-state index is 11.6. The fourth-order valence-corrected chi connectivity index (χ4v) is 1.81. The molecule has 0 saturated heterocycles. The SMILES string of the molecule is CCN(C)C(=O)Oc1ccc2c(c1)C(N)COC2. The fourth-order valence-electron chi connectivity index (χ4n) is 1.81. The van der Waals surface area contributed by atoms with Gasteiger partial charge in [0.25, 0.3) is 0 Å². The molecule has 0 radical (unpaired) electrons. The van der Waals surface area contributed by atoms with Crippen molar-refractivity contribution in [2.24, 2.45) is 5.73 Å². The van der Waals surface area contributed by atoms with E-state index in [9.17, 15) is 4.79 Å². The second kappa shape index (κ2) is 5.37. The van der Waals surface area contributed by atoms with Crippen LogP contribution in [0.5, 0.6) is 5.75 Å². The molecule has 1 aliphatic heterocycles. The Bertz CT molecular complexity index is 448. The maximum Gasteiger partial charge on any atom is 0.414 e. The van der Waals surface area contributed by atoms with E-state index in [1.807, 2.05) is 19.1 Å². The molecule has 0 spiro atoms. The van der Waals surface area contributed by atoms with Crippen molar-refractivity contribution in [2.45, 2.75) is 19.6 Å². The molecule has 0 aromatic heterocycles. The largest absolute Gasteiger partial charge is 0.414 e. The molecule has 1 amide bonds. The minimum Gasteiger partial charge on any atom is -0.410 e. The summed E-state index contributed by atoms with van der Waals surface area (Å²) in [6.07, 6.45) is -0.363. The zero-order valence-electron chi connectivity index (χ0n) is 10.7. The third-order valence-electron chi connectivity index (χ3n) is 3.06. The van der Waals surface area contributed by atoms with Crippen LogP contribution in [0.4, 0.5) is 4.79 Å². The summed E-state index contributed by atoms with van der Waals surface area (Å²) in [5, 5.41) is 0. The van der Waals surface area contributed by atoms with Crippen molar-refractivity contribution in [3.8, 4) is 5.75 Å². The summed E-state index contributed by atoms with van der Waals surface area (Å²) in [4.78, 5) is 13.1. The first-order valence-corrected chi connectivity index (χ1v) is 6.01. The van der Waals surface area contributed by atoms with Gasteiger partial charge in [0.2, 0.25) is 0 Å². The topological polar surface area (TPSA) is 64.8 Å². The molecular weight excluding hydrogens is 232 g/mol. The number of hydrogen-bond acceptors (Lipinski definition) is 4. The lowest BCUT2D eigenvalue weighted by molar-refractivity contribution is 0.0922. The van der Waals surface area contributed by atoms with Gasteiger partial charge in [0.15, 0.2) is 0 Å². The third-order valence-corrected chi connectivity index (χ3v) is 3.06. The normalized spacial score (nSPS) is 18.1. The highest BCUT2D eigenvalue weighted by molar-refractivity contribution is 5.70. The quantitative estimate of drug-likeness (QED) is 0.867. The van der Waals surface area contributed by atoms with Crippen LogP contribution in [0.1, 0.15) is 24.1 Å². The lowest BCUT2D eigenvalue weighted by atomic mass is 9.99. The van der Waals surface area contributed by atoms with E-state index in [2.05, 4.69) is 0 Å². The van der Waals surface area contributed by atoms with Gasteiger partial charge < -0.3 is 20.1 Å². The molecule has 1 aromatic carbocycles. The van der Waals surface area contributed by atoms with Crippen molar-refractivity contribution in [3.05, 3.63) is 29.3 Å². The van der Waals surface area contributed by atoms with Crippen molar-refractivity contribution >= 4 is 6.09 Å². The fraction of sp³-hybridized carbons (Fsp3) is 0.462. The summed E-state index contributed by atoms with van der Waals surface area (Å²) >= 11 is 0. The van der Waals surface area contributed by atoms with E-state index in [4.69, 9.17) is 15.2 Å². The van der Waals surface area contributed by atoms with Gasteiger partial charge in [-0.05, 0) is 30.2 Å². The Morgan fingerprint density at radius 3 is 3.11 bits per heavy atom. The Balaban J connectivity index is 2.16. The van der Waals surface area contributed by atoms with Crippen LogP contribution < -0.4 is 10.5 Å². The highest BCUT2D eigenvalue weighted by Gasteiger charge is 2.19. The molecule has 2 rings (SSSR count). The average molecular weight is 250 g/mol. The van der Waals surface area contributed by atoms with Crippen molar-refractivity contribution in [3.63, 3.8) is 0 Å². The third kappa shape index (κ3) is 2.63. The molecule has 0 bridgehead atoms. The van der Waals surface area contributed by atoms with Gasteiger partial charge in [0.05, 0.1) is 19.3 Å². The van der Waals surface area contributed by atoms with Crippen molar-refractivity contribution in [1.29, 1.82) is 0 Å². The molecule has 0 saturated carbocycles. The lowest BCUT2D eigenvalue weighted by Gasteiger charge is -2.23. The van der Waals surface area contributed by atoms with Crippen LogP contribution in [0.15, 0.2) is 18.2 Å². The average Bonchev–Trinajstić information content (AvgIpc) is 2.38. The minimum absolute atomic E-state index is 0.156. The van der Waals surface area contributed by atoms with E-state index in [0.29, 0.717) is 25.5 Å². The van der Waals surface area contributed by atoms with Gasteiger partial charge in [-0.25, -0.2) is 4.79 Å². The highest BCUT2D eigenvalue weighted by atomic mass is 16.6. The summed E-state index contributed by atoms with van der Waals surface area (Å²) in [6, 6.07) is 5.32. The molecule has 1 atom stereocenters. The lowest BCUT2D eigenvalue weighted by Crippen LogP contribution is -2.29. The van der Waals surface area contributed by atoms with E-state index in [-0.39, 0.29) is 12.1 Å². The second-order valence-electron chi connectivity index (χ2n) is 4.36. The zero-order valence-corrected chi connectivity index (χ0v) is 10.7. The van der Waals surface area contributed by atoms with Crippen LogP contribution in [0.25, 0.3) is 0 Å². The number of rotatable bonds is 2. The number of carbonyl (C=O) groups excluding carboxylic acids is 1. The first-order chi connectivity index (χ1) is 8.61. The van der Waals surface area contributed by atoms with Crippen molar-refractivity contribution in [2.75, 3.05) is 20.2 Å². The van der Waals surface area contributed by atoms with E-state index in [1.54, 1.807) is 13.1 Å². The summed E-state index contributed by atoms with van der Waals surface area (Å²) in [5.74, 6) is 0.524. The second-order valence-corrected chi connectivity index (χ2v) is 4.36. The molecule has 1 unspecified atom stereocenters. The Morgan fingerprint density at radius 1 is 1.61 bits per heavy atom. The van der Waals surface area contributed by atoms with E-state index in [1.165, 1.54) is 4.90 Å². The van der Waals surface area contributed by atoms with Crippen molar-refractivity contribution < 1.29 is 14.3 Å². The monoisotopic (exact) mass is 250 g/mol. The van der Waals surface area contributed by atoms with Gasteiger partial charge in [0.1, 0.15) is 5.75 Å².